The molecule has 2 aromatic rings. The van der Waals surface area contributed by atoms with Gasteiger partial charge in [0.1, 0.15) is 4.21 Å². The van der Waals surface area contributed by atoms with Crippen LogP contribution in [0, 0.1) is 5.92 Å². The number of amides is 2. The van der Waals surface area contributed by atoms with Gasteiger partial charge < -0.3 is 10.2 Å². The van der Waals surface area contributed by atoms with Crippen LogP contribution in [0.5, 0.6) is 0 Å². The number of urea groups is 1. The Balaban J connectivity index is 1.43. The van der Waals surface area contributed by atoms with Crippen molar-refractivity contribution in [2.24, 2.45) is 5.92 Å². The number of thiophene rings is 1. The Morgan fingerprint density at radius 3 is 2.50 bits per heavy atom. The third-order valence-corrected chi connectivity index (χ3v) is 8.24. The van der Waals surface area contributed by atoms with Gasteiger partial charge in [0.05, 0.1) is 6.04 Å². The van der Waals surface area contributed by atoms with Gasteiger partial charge in [-0.15, -0.1) is 11.3 Å². The predicted molar refractivity (Wildman–Crippen MR) is 107 cm³/mol. The number of nitrogens with zero attached hydrogens (tertiary/aromatic N) is 1. The number of carbonyl (C=O) groups excluding carboxylic acids is 2. The highest BCUT2D eigenvalue weighted by molar-refractivity contribution is 7.91. The number of anilines is 1. The van der Waals surface area contributed by atoms with Crippen molar-refractivity contribution in [3.63, 3.8) is 0 Å². The maximum Gasteiger partial charge on any atom is 0.322 e. The van der Waals surface area contributed by atoms with Gasteiger partial charge in [-0.2, -0.15) is 0 Å². The lowest BCUT2D eigenvalue weighted by Gasteiger charge is -2.33. The second kappa shape index (κ2) is 7.31. The topological polar surface area (TPSA) is 95.6 Å². The number of fused-ring (bicyclic) bond motifs is 2. The molecule has 148 valence electrons. The molecule has 3 atom stereocenters. The van der Waals surface area contributed by atoms with Crippen LogP contribution in [0.2, 0.25) is 0 Å². The molecule has 9 heteroatoms. The highest BCUT2D eigenvalue weighted by atomic mass is 32.2. The summed E-state index contributed by atoms with van der Waals surface area (Å²) in [7, 11) is -3.57. The number of carbonyl (C=O) groups is 2. The van der Waals surface area contributed by atoms with Gasteiger partial charge in [-0.25, -0.2) is 17.9 Å². The van der Waals surface area contributed by atoms with Gasteiger partial charge in [0.2, 0.25) is 10.0 Å². The van der Waals surface area contributed by atoms with Crippen molar-refractivity contribution in [3.8, 4) is 0 Å². The van der Waals surface area contributed by atoms with E-state index < -0.39 is 10.0 Å². The molecule has 2 fully saturated rings. The van der Waals surface area contributed by atoms with Crippen LogP contribution in [0.4, 0.5) is 10.5 Å². The quantitative estimate of drug-likeness (QED) is 0.729. The molecular weight excluding hydrogens is 398 g/mol. The van der Waals surface area contributed by atoms with Crippen LogP contribution in [0.3, 0.4) is 0 Å². The first-order valence-electron chi connectivity index (χ1n) is 9.08. The molecule has 1 saturated carbocycles. The van der Waals surface area contributed by atoms with E-state index in [1.807, 2.05) is 0 Å². The van der Waals surface area contributed by atoms with Gasteiger partial charge in [0.25, 0.3) is 0 Å². The molecule has 2 N–H and O–H groups in total. The van der Waals surface area contributed by atoms with Crippen LogP contribution < -0.4 is 10.0 Å². The molecule has 1 aromatic carbocycles. The second-order valence-electron chi connectivity index (χ2n) is 7.28. The summed E-state index contributed by atoms with van der Waals surface area (Å²) >= 11 is 1.18. The van der Waals surface area contributed by atoms with Crippen molar-refractivity contribution in [1.29, 1.82) is 0 Å². The van der Waals surface area contributed by atoms with Crippen molar-refractivity contribution in [3.05, 3.63) is 47.3 Å². The third kappa shape index (κ3) is 3.69. The first-order chi connectivity index (χ1) is 13.3. The number of rotatable bonds is 5. The molecule has 28 heavy (non-hydrogen) atoms. The third-order valence-electron chi connectivity index (χ3n) is 5.35. The van der Waals surface area contributed by atoms with E-state index in [2.05, 4.69) is 10.0 Å². The Bertz CT molecular complexity index is 987. The number of nitrogens with one attached hydrogen (secondary N) is 2. The van der Waals surface area contributed by atoms with Crippen LogP contribution >= 0.6 is 11.3 Å². The predicted octanol–water partition coefficient (Wildman–Crippen LogP) is 2.92. The average Bonchev–Trinajstić information content (AvgIpc) is 3.39. The largest absolute Gasteiger partial charge is 0.322 e. The Labute approximate surface area is 167 Å². The van der Waals surface area contributed by atoms with Crippen molar-refractivity contribution >= 4 is 38.9 Å². The van der Waals surface area contributed by atoms with E-state index in [1.54, 1.807) is 46.7 Å². The van der Waals surface area contributed by atoms with E-state index in [9.17, 15) is 18.0 Å². The van der Waals surface area contributed by atoms with Crippen molar-refractivity contribution in [1.82, 2.24) is 9.62 Å². The fourth-order valence-corrected chi connectivity index (χ4v) is 6.33. The lowest BCUT2D eigenvalue weighted by Crippen LogP contribution is -2.52. The molecular formula is C19H21N3O4S2. The maximum absolute atomic E-state index is 12.7. The van der Waals surface area contributed by atoms with Crippen LogP contribution in [0.15, 0.2) is 46.0 Å². The first kappa shape index (κ1) is 19.1. The number of piperidine rings is 1. The Morgan fingerprint density at radius 1 is 1.14 bits per heavy atom. The summed E-state index contributed by atoms with van der Waals surface area (Å²) in [5, 5.41) is 4.57. The van der Waals surface area contributed by atoms with Crippen LogP contribution in [-0.4, -0.2) is 43.8 Å². The van der Waals surface area contributed by atoms with E-state index >= 15 is 0 Å². The number of sulfonamides is 1. The molecule has 2 amide bonds. The fraction of sp³-hybridized carbons (Fsp3) is 0.368. The number of hydrogen-bond acceptors (Lipinski definition) is 5. The first-order valence-corrected chi connectivity index (χ1v) is 11.4. The molecule has 0 radical (unpaired) electrons. The molecule has 1 aromatic heterocycles. The molecule has 1 aliphatic heterocycles. The summed E-state index contributed by atoms with van der Waals surface area (Å²) in [5.74, 6) is 0.266. The molecule has 2 aliphatic rings. The van der Waals surface area contributed by atoms with Crippen LogP contribution in [0.25, 0.3) is 0 Å². The molecule has 1 aliphatic carbocycles. The number of benzene rings is 1. The van der Waals surface area contributed by atoms with Crippen molar-refractivity contribution in [2.75, 3.05) is 11.9 Å². The van der Waals surface area contributed by atoms with Crippen LogP contribution in [0.1, 0.15) is 30.1 Å². The maximum atomic E-state index is 12.7. The van der Waals surface area contributed by atoms with Crippen LogP contribution in [-0.2, 0) is 10.0 Å². The van der Waals surface area contributed by atoms with E-state index in [0.717, 1.165) is 12.8 Å². The highest BCUT2D eigenvalue weighted by Crippen LogP contribution is 2.39. The van der Waals surface area contributed by atoms with E-state index in [0.29, 0.717) is 23.7 Å². The molecule has 1 saturated heterocycles. The van der Waals surface area contributed by atoms with Gasteiger partial charge in [0, 0.05) is 23.8 Å². The minimum absolute atomic E-state index is 0.0319. The molecule has 2 heterocycles. The van der Waals surface area contributed by atoms with E-state index in [4.69, 9.17) is 0 Å². The molecule has 2 bridgehead atoms. The highest BCUT2D eigenvalue weighted by Gasteiger charge is 2.48. The molecule has 4 rings (SSSR count). The summed E-state index contributed by atoms with van der Waals surface area (Å²) in [5.41, 5.74) is 1.19. The summed E-state index contributed by atoms with van der Waals surface area (Å²) in [6, 6.07) is 9.33. The zero-order valence-corrected chi connectivity index (χ0v) is 16.9. The average molecular weight is 420 g/mol. The summed E-state index contributed by atoms with van der Waals surface area (Å²) in [6.07, 6.45) is 1.54. The Kier molecular flexibility index (Phi) is 4.98. The molecule has 3 unspecified atom stereocenters. The Hall–Kier alpha value is -2.23. The summed E-state index contributed by atoms with van der Waals surface area (Å²) in [6.45, 7) is 2.12. The number of likely N-dealkylation sites (tertiary alicyclic amines) is 1. The minimum Gasteiger partial charge on any atom is -0.320 e. The van der Waals surface area contributed by atoms with Gasteiger partial charge in [-0.3, -0.25) is 4.79 Å². The SMILES string of the molecule is CC(=O)c1ccc(NC(=O)N2CC3CC(NS(=O)(=O)c4cccs4)C2C3)cc1. The lowest BCUT2D eigenvalue weighted by molar-refractivity contribution is 0.101. The normalized spacial score (nSPS) is 23.8. The number of Topliss-reactive ketones (excluding diaryl/α,β-unsaturated/α-hetero) is 1. The summed E-state index contributed by atoms with van der Waals surface area (Å²) in [4.78, 5) is 25.8. The van der Waals surface area contributed by atoms with Gasteiger partial charge in [-0.1, -0.05) is 6.07 Å². The zero-order chi connectivity index (χ0) is 19.9. The minimum atomic E-state index is -3.57. The van der Waals surface area contributed by atoms with E-state index in [-0.39, 0.29) is 28.1 Å². The standard InChI is InChI=1S/C19H21N3O4S2/c1-12(23)14-4-6-15(7-5-14)20-19(24)22-11-13-9-16(17(22)10-13)21-28(25,26)18-3-2-8-27-18/h2-8,13,16-17,21H,9-11H2,1H3,(H,20,24). The smallest absolute Gasteiger partial charge is 0.320 e. The van der Waals surface area contributed by atoms with Crippen molar-refractivity contribution < 1.29 is 18.0 Å². The number of hydrogen-bond donors (Lipinski definition) is 2. The number of ketones is 1. The second-order valence-corrected chi connectivity index (χ2v) is 10.2. The summed E-state index contributed by atoms with van der Waals surface area (Å²) < 4.78 is 28.1. The van der Waals surface area contributed by atoms with E-state index in [1.165, 1.54) is 18.3 Å². The monoisotopic (exact) mass is 419 g/mol. The van der Waals surface area contributed by atoms with Crippen molar-refractivity contribution in [2.45, 2.75) is 36.1 Å². The fourth-order valence-electron chi connectivity index (χ4n) is 4.04. The zero-order valence-electron chi connectivity index (χ0n) is 15.3. The molecule has 7 nitrogen and oxygen atoms in total. The lowest BCUT2D eigenvalue weighted by atomic mass is 10.1. The van der Waals surface area contributed by atoms with Gasteiger partial charge >= 0.3 is 6.03 Å². The van der Waals surface area contributed by atoms with Gasteiger partial charge in [0.15, 0.2) is 5.78 Å². The molecule has 0 spiro atoms. The Morgan fingerprint density at radius 2 is 1.89 bits per heavy atom. The van der Waals surface area contributed by atoms with Gasteiger partial charge in [-0.05, 0) is 61.4 Å².